The molecule has 6 heteroatoms. The minimum absolute atomic E-state index is 0.00336. The van der Waals surface area contributed by atoms with Gasteiger partial charge < -0.3 is 10.0 Å². The van der Waals surface area contributed by atoms with Gasteiger partial charge in [0.2, 0.25) is 0 Å². The van der Waals surface area contributed by atoms with Crippen LogP contribution in [0.4, 0.5) is 8.78 Å². The predicted molar refractivity (Wildman–Crippen MR) is 74.3 cm³/mol. The van der Waals surface area contributed by atoms with Crippen molar-refractivity contribution in [3.05, 3.63) is 35.4 Å². The molecule has 1 amide bonds. The standard InChI is InChI=1S/C16H17F2NO3/c17-11-6-5-10(7-12(11)18)15(20)19-13-4-2-1-3-9(13)8-14(19)16(21)22/h5-7,9,13-14H,1-4,8H2,(H,21,22)/t9-,13+,14-/m0/s1. The van der Waals surface area contributed by atoms with Gasteiger partial charge in [-0.05, 0) is 43.4 Å². The van der Waals surface area contributed by atoms with E-state index in [4.69, 9.17) is 0 Å². The summed E-state index contributed by atoms with van der Waals surface area (Å²) in [5.74, 6) is -3.50. The van der Waals surface area contributed by atoms with E-state index < -0.39 is 29.6 Å². The lowest BCUT2D eigenvalue weighted by molar-refractivity contribution is -0.141. The van der Waals surface area contributed by atoms with E-state index in [9.17, 15) is 23.5 Å². The first kappa shape index (κ1) is 14.9. The highest BCUT2D eigenvalue weighted by Crippen LogP contribution is 2.40. The Morgan fingerprint density at radius 2 is 1.86 bits per heavy atom. The minimum Gasteiger partial charge on any atom is -0.480 e. The largest absolute Gasteiger partial charge is 0.480 e. The number of hydrogen-bond acceptors (Lipinski definition) is 2. The molecule has 3 atom stereocenters. The Kier molecular flexibility index (Phi) is 3.85. The summed E-state index contributed by atoms with van der Waals surface area (Å²) >= 11 is 0. The van der Waals surface area contributed by atoms with Crippen LogP contribution in [0.5, 0.6) is 0 Å². The Bertz CT molecular complexity index is 619. The van der Waals surface area contributed by atoms with Gasteiger partial charge in [-0.3, -0.25) is 4.79 Å². The lowest BCUT2D eigenvalue weighted by Crippen LogP contribution is -2.46. The van der Waals surface area contributed by atoms with Crippen LogP contribution in [-0.2, 0) is 4.79 Å². The molecule has 0 unspecified atom stereocenters. The average molecular weight is 309 g/mol. The first-order valence-corrected chi connectivity index (χ1v) is 7.49. The fraction of sp³-hybridized carbons (Fsp3) is 0.500. The number of aliphatic carboxylic acids is 1. The summed E-state index contributed by atoms with van der Waals surface area (Å²) in [6.07, 6.45) is 4.12. The first-order valence-electron chi connectivity index (χ1n) is 7.49. The fourth-order valence-corrected chi connectivity index (χ4v) is 3.75. The quantitative estimate of drug-likeness (QED) is 0.914. The van der Waals surface area contributed by atoms with Crippen LogP contribution in [0.15, 0.2) is 18.2 Å². The molecule has 1 aromatic carbocycles. The second kappa shape index (κ2) is 5.66. The summed E-state index contributed by atoms with van der Waals surface area (Å²) in [4.78, 5) is 25.5. The van der Waals surface area contributed by atoms with Gasteiger partial charge in [-0.1, -0.05) is 12.8 Å². The Balaban J connectivity index is 1.93. The summed E-state index contributed by atoms with van der Waals surface area (Å²) in [6.45, 7) is 0. The molecule has 4 nitrogen and oxygen atoms in total. The van der Waals surface area contributed by atoms with Crippen LogP contribution < -0.4 is 0 Å². The van der Waals surface area contributed by atoms with Gasteiger partial charge in [0, 0.05) is 11.6 Å². The first-order chi connectivity index (χ1) is 10.5. The second-order valence-electron chi connectivity index (χ2n) is 6.04. The van der Waals surface area contributed by atoms with Crippen molar-refractivity contribution in [2.24, 2.45) is 5.92 Å². The lowest BCUT2D eigenvalue weighted by atomic mass is 9.84. The van der Waals surface area contributed by atoms with Gasteiger partial charge in [-0.2, -0.15) is 0 Å². The fourth-order valence-electron chi connectivity index (χ4n) is 3.75. The SMILES string of the molecule is O=C(O)[C@@H]1C[C@@H]2CCCC[C@H]2N1C(=O)c1ccc(F)c(F)c1. The smallest absolute Gasteiger partial charge is 0.326 e. The highest BCUT2D eigenvalue weighted by atomic mass is 19.2. The number of nitrogens with zero attached hydrogens (tertiary/aromatic N) is 1. The average Bonchev–Trinajstić information content (AvgIpc) is 2.89. The zero-order valence-electron chi connectivity index (χ0n) is 12.0. The number of fused-ring (bicyclic) bond motifs is 1. The van der Waals surface area contributed by atoms with Gasteiger partial charge in [0.15, 0.2) is 11.6 Å². The zero-order chi connectivity index (χ0) is 15.9. The molecular weight excluding hydrogens is 292 g/mol. The molecule has 3 rings (SSSR count). The molecule has 1 saturated heterocycles. The number of hydrogen-bond donors (Lipinski definition) is 1. The Hall–Kier alpha value is -1.98. The van der Waals surface area contributed by atoms with Gasteiger partial charge in [-0.25, -0.2) is 13.6 Å². The molecule has 0 radical (unpaired) electrons. The van der Waals surface area contributed by atoms with Crippen LogP contribution in [0.3, 0.4) is 0 Å². The summed E-state index contributed by atoms with van der Waals surface area (Å²) in [5.41, 5.74) is -0.00336. The maximum absolute atomic E-state index is 13.4. The highest BCUT2D eigenvalue weighted by Gasteiger charge is 2.47. The van der Waals surface area contributed by atoms with Crippen LogP contribution in [0.2, 0.25) is 0 Å². The normalized spacial score (nSPS) is 27.5. The summed E-state index contributed by atoms with van der Waals surface area (Å²) < 4.78 is 26.4. The van der Waals surface area contributed by atoms with Crippen molar-refractivity contribution >= 4 is 11.9 Å². The molecule has 118 valence electrons. The molecule has 22 heavy (non-hydrogen) atoms. The van der Waals surface area contributed by atoms with Crippen molar-refractivity contribution in [2.45, 2.75) is 44.2 Å². The third-order valence-electron chi connectivity index (χ3n) is 4.77. The van der Waals surface area contributed by atoms with E-state index >= 15 is 0 Å². The Labute approximate surface area is 126 Å². The van der Waals surface area contributed by atoms with Gasteiger partial charge in [0.25, 0.3) is 5.91 Å². The van der Waals surface area contributed by atoms with Crippen molar-refractivity contribution < 1.29 is 23.5 Å². The lowest BCUT2D eigenvalue weighted by Gasteiger charge is -2.33. The van der Waals surface area contributed by atoms with E-state index in [1.54, 1.807) is 0 Å². The number of carboxylic acid groups (broad SMARTS) is 1. The third-order valence-corrected chi connectivity index (χ3v) is 4.77. The predicted octanol–water partition coefficient (Wildman–Crippen LogP) is 2.82. The van der Waals surface area contributed by atoms with Crippen molar-refractivity contribution in [1.82, 2.24) is 4.90 Å². The Morgan fingerprint density at radius 3 is 2.55 bits per heavy atom. The number of amides is 1. The van der Waals surface area contributed by atoms with Crippen molar-refractivity contribution in [3.63, 3.8) is 0 Å². The van der Waals surface area contributed by atoms with E-state index in [1.165, 1.54) is 11.0 Å². The maximum atomic E-state index is 13.4. The summed E-state index contributed by atoms with van der Waals surface area (Å²) in [5, 5.41) is 9.40. The van der Waals surface area contributed by atoms with Crippen LogP contribution in [-0.4, -0.2) is 34.0 Å². The number of carboxylic acids is 1. The number of carbonyl (C=O) groups excluding carboxylic acids is 1. The number of halogens is 2. The molecule has 0 bridgehead atoms. The van der Waals surface area contributed by atoms with Crippen LogP contribution >= 0.6 is 0 Å². The van der Waals surface area contributed by atoms with Crippen molar-refractivity contribution in [3.8, 4) is 0 Å². The van der Waals surface area contributed by atoms with E-state index in [2.05, 4.69) is 0 Å². The molecule has 1 N–H and O–H groups in total. The molecular formula is C16H17F2NO3. The molecule has 2 aliphatic rings. The van der Waals surface area contributed by atoms with Crippen molar-refractivity contribution in [1.29, 1.82) is 0 Å². The van der Waals surface area contributed by atoms with E-state index in [0.717, 1.165) is 37.8 Å². The van der Waals surface area contributed by atoms with E-state index in [0.29, 0.717) is 6.42 Å². The van der Waals surface area contributed by atoms with E-state index in [-0.39, 0.29) is 17.5 Å². The number of rotatable bonds is 2. The Morgan fingerprint density at radius 1 is 1.14 bits per heavy atom. The topological polar surface area (TPSA) is 57.6 Å². The molecule has 2 fully saturated rings. The van der Waals surface area contributed by atoms with Crippen LogP contribution in [0, 0.1) is 17.6 Å². The molecule has 0 spiro atoms. The monoisotopic (exact) mass is 309 g/mol. The zero-order valence-corrected chi connectivity index (χ0v) is 12.0. The molecule has 1 heterocycles. The molecule has 0 aromatic heterocycles. The molecule has 1 aliphatic heterocycles. The molecule has 1 aromatic rings. The van der Waals surface area contributed by atoms with Gasteiger partial charge in [0.1, 0.15) is 6.04 Å². The van der Waals surface area contributed by atoms with Crippen LogP contribution in [0.25, 0.3) is 0 Å². The van der Waals surface area contributed by atoms with Crippen molar-refractivity contribution in [2.75, 3.05) is 0 Å². The highest BCUT2D eigenvalue weighted by molar-refractivity contribution is 5.97. The summed E-state index contributed by atoms with van der Waals surface area (Å²) in [6, 6.07) is 1.94. The molecule has 1 aliphatic carbocycles. The minimum atomic E-state index is -1.10. The van der Waals surface area contributed by atoms with E-state index in [1.807, 2.05) is 0 Å². The number of likely N-dealkylation sites (tertiary alicyclic amines) is 1. The van der Waals surface area contributed by atoms with Crippen LogP contribution in [0.1, 0.15) is 42.5 Å². The third kappa shape index (κ3) is 2.46. The maximum Gasteiger partial charge on any atom is 0.326 e. The number of benzene rings is 1. The second-order valence-corrected chi connectivity index (χ2v) is 6.04. The number of carbonyl (C=O) groups is 2. The van der Waals surface area contributed by atoms with Gasteiger partial charge >= 0.3 is 5.97 Å². The van der Waals surface area contributed by atoms with Gasteiger partial charge in [0.05, 0.1) is 0 Å². The summed E-state index contributed by atoms with van der Waals surface area (Å²) in [7, 11) is 0. The molecule has 1 saturated carbocycles. The van der Waals surface area contributed by atoms with Gasteiger partial charge in [-0.15, -0.1) is 0 Å².